The van der Waals surface area contributed by atoms with Gasteiger partial charge in [-0.15, -0.1) is 0 Å². The van der Waals surface area contributed by atoms with E-state index in [1.807, 2.05) is 12.1 Å². The second-order valence-corrected chi connectivity index (χ2v) is 3.39. The Balaban J connectivity index is 3.01. The van der Waals surface area contributed by atoms with E-state index >= 15 is 0 Å². The molecule has 5 heteroatoms. The number of hydrogen-bond acceptors (Lipinski definition) is 5. The van der Waals surface area contributed by atoms with Crippen molar-refractivity contribution in [2.75, 3.05) is 6.61 Å². The average molecular weight is 242 g/mol. The van der Waals surface area contributed by atoms with Crippen LogP contribution in [0.1, 0.15) is 34.8 Å². The Bertz CT molecular complexity index is 565. The number of esters is 1. The molecule has 0 aliphatic heterocycles. The van der Waals surface area contributed by atoms with Gasteiger partial charge in [0.25, 0.3) is 0 Å². The van der Waals surface area contributed by atoms with Crippen LogP contribution in [0.5, 0.6) is 0 Å². The van der Waals surface area contributed by atoms with E-state index in [0.29, 0.717) is 0 Å². The van der Waals surface area contributed by atoms with E-state index in [0.717, 1.165) is 0 Å². The molecule has 0 bridgehead atoms. The van der Waals surface area contributed by atoms with Crippen LogP contribution in [0.3, 0.4) is 0 Å². The number of carbonyl (C=O) groups excluding carboxylic acids is 2. The average Bonchev–Trinajstić information content (AvgIpc) is 2.38. The van der Waals surface area contributed by atoms with Crippen molar-refractivity contribution in [3.8, 4) is 12.1 Å². The zero-order valence-corrected chi connectivity index (χ0v) is 9.77. The van der Waals surface area contributed by atoms with Gasteiger partial charge in [-0.25, -0.2) is 0 Å². The van der Waals surface area contributed by atoms with Crippen LogP contribution in [0.15, 0.2) is 18.2 Å². The van der Waals surface area contributed by atoms with E-state index in [4.69, 9.17) is 10.5 Å². The molecular weight excluding hydrogens is 232 g/mol. The SMILES string of the molecule is CCOC(=O)CC(=O)c1cc(C#N)ccc1C#N. The normalized spacial score (nSPS) is 9.06. The van der Waals surface area contributed by atoms with Crippen LogP contribution in [0.4, 0.5) is 0 Å². The van der Waals surface area contributed by atoms with Crippen molar-refractivity contribution in [2.45, 2.75) is 13.3 Å². The van der Waals surface area contributed by atoms with E-state index in [-0.39, 0.29) is 23.3 Å². The van der Waals surface area contributed by atoms with Crippen molar-refractivity contribution in [2.24, 2.45) is 0 Å². The zero-order valence-electron chi connectivity index (χ0n) is 9.77. The Hall–Kier alpha value is -2.66. The first-order chi connectivity index (χ1) is 8.62. The van der Waals surface area contributed by atoms with Gasteiger partial charge in [0.15, 0.2) is 5.78 Å². The first-order valence-corrected chi connectivity index (χ1v) is 5.25. The Labute approximate surface area is 104 Å². The van der Waals surface area contributed by atoms with Crippen molar-refractivity contribution >= 4 is 11.8 Å². The number of nitrogens with zero attached hydrogens (tertiary/aromatic N) is 2. The smallest absolute Gasteiger partial charge is 0.313 e. The number of Topliss-reactive ketones (excluding diaryl/α,β-unsaturated/α-hetero) is 1. The van der Waals surface area contributed by atoms with Gasteiger partial charge in [0.1, 0.15) is 6.42 Å². The summed E-state index contributed by atoms with van der Waals surface area (Å²) in [7, 11) is 0. The molecule has 0 aliphatic rings. The Morgan fingerprint density at radius 2 is 2.00 bits per heavy atom. The molecule has 0 N–H and O–H groups in total. The van der Waals surface area contributed by atoms with Crippen LogP contribution >= 0.6 is 0 Å². The molecule has 0 aliphatic carbocycles. The minimum Gasteiger partial charge on any atom is -0.466 e. The predicted octanol–water partition coefficient (Wildman–Crippen LogP) is 1.57. The summed E-state index contributed by atoms with van der Waals surface area (Å²) in [6.07, 6.45) is -0.433. The summed E-state index contributed by atoms with van der Waals surface area (Å²) in [6, 6.07) is 7.86. The number of rotatable bonds is 4. The molecule has 1 aromatic carbocycles. The Kier molecular flexibility index (Phi) is 4.59. The van der Waals surface area contributed by atoms with Crippen molar-refractivity contribution in [3.63, 3.8) is 0 Å². The van der Waals surface area contributed by atoms with Crippen LogP contribution in [0.25, 0.3) is 0 Å². The number of ketones is 1. The Morgan fingerprint density at radius 1 is 1.28 bits per heavy atom. The number of carbonyl (C=O) groups is 2. The summed E-state index contributed by atoms with van der Waals surface area (Å²) in [5.74, 6) is -1.17. The quantitative estimate of drug-likeness (QED) is 0.454. The molecule has 5 nitrogen and oxygen atoms in total. The lowest BCUT2D eigenvalue weighted by Gasteiger charge is -2.03. The maximum Gasteiger partial charge on any atom is 0.313 e. The lowest BCUT2D eigenvalue weighted by atomic mass is 10.00. The minimum absolute atomic E-state index is 0.0737. The highest BCUT2D eigenvalue weighted by Crippen LogP contribution is 2.13. The van der Waals surface area contributed by atoms with Gasteiger partial charge in [-0.3, -0.25) is 9.59 Å². The highest BCUT2D eigenvalue weighted by atomic mass is 16.5. The standard InChI is InChI=1S/C13H10N2O3/c1-2-18-13(17)6-12(16)11-5-9(7-14)3-4-10(11)8-15/h3-5H,2,6H2,1H3. The van der Waals surface area contributed by atoms with Crippen molar-refractivity contribution in [3.05, 3.63) is 34.9 Å². The number of ether oxygens (including phenoxy) is 1. The summed E-state index contributed by atoms with van der Waals surface area (Å²) in [4.78, 5) is 23.0. The van der Waals surface area contributed by atoms with Crippen LogP contribution in [0, 0.1) is 22.7 Å². The first-order valence-electron chi connectivity index (χ1n) is 5.25. The maximum atomic E-state index is 11.8. The maximum absolute atomic E-state index is 11.8. The second-order valence-electron chi connectivity index (χ2n) is 3.39. The third kappa shape index (κ3) is 3.16. The van der Waals surface area contributed by atoms with E-state index in [2.05, 4.69) is 4.74 Å². The molecule has 0 unspecified atom stereocenters. The van der Waals surface area contributed by atoms with E-state index in [1.54, 1.807) is 6.92 Å². The molecule has 0 atom stereocenters. The molecule has 0 spiro atoms. The van der Waals surface area contributed by atoms with Gasteiger partial charge in [-0.05, 0) is 25.1 Å². The highest BCUT2D eigenvalue weighted by Gasteiger charge is 2.16. The number of benzene rings is 1. The van der Waals surface area contributed by atoms with Crippen LogP contribution in [0.2, 0.25) is 0 Å². The molecule has 90 valence electrons. The molecule has 0 heterocycles. The topological polar surface area (TPSA) is 90.9 Å². The van der Waals surface area contributed by atoms with E-state index in [1.165, 1.54) is 18.2 Å². The van der Waals surface area contributed by atoms with Gasteiger partial charge in [-0.2, -0.15) is 10.5 Å². The summed E-state index contributed by atoms with van der Waals surface area (Å²) in [5, 5.41) is 17.6. The van der Waals surface area contributed by atoms with Gasteiger partial charge < -0.3 is 4.74 Å². The zero-order chi connectivity index (χ0) is 13.5. The fourth-order valence-corrected chi connectivity index (χ4v) is 1.38. The molecular formula is C13H10N2O3. The Morgan fingerprint density at radius 3 is 2.56 bits per heavy atom. The first kappa shape index (κ1) is 13.4. The molecule has 0 saturated heterocycles. The molecule has 0 aromatic heterocycles. The van der Waals surface area contributed by atoms with Gasteiger partial charge in [0, 0.05) is 5.56 Å². The van der Waals surface area contributed by atoms with E-state index < -0.39 is 18.2 Å². The lowest BCUT2D eigenvalue weighted by molar-refractivity contribution is -0.141. The van der Waals surface area contributed by atoms with Gasteiger partial charge >= 0.3 is 5.97 Å². The fourth-order valence-electron chi connectivity index (χ4n) is 1.38. The highest BCUT2D eigenvalue weighted by molar-refractivity contribution is 6.07. The van der Waals surface area contributed by atoms with Gasteiger partial charge in [0.2, 0.25) is 0 Å². The minimum atomic E-state index is -0.645. The summed E-state index contributed by atoms with van der Waals surface area (Å²) >= 11 is 0. The third-order valence-corrected chi connectivity index (χ3v) is 2.18. The van der Waals surface area contributed by atoms with Crippen LogP contribution in [-0.2, 0) is 9.53 Å². The largest absolute Gasteiger partial charge is 0.466 e. The van der Waals surface area contributed by atoms with Crippen LogP contribution in [-0.4, -0.2) is 18.4 Å². The van der Waals surface area contributed by atoms with Crippen LogP contribution < -0.4 is 0 Å². The monoisotopic (exact) mass is 242 g/mol. The summed E-state index contributed by atoms with van der Waals surface area (Å²) in [5.41, 5.74) is 0.481. The van der Waals surface area contributed by atoms with Gasteiger partial charge in [-0.1, -0.05) is 0 Å². The molecule has 1 rings (SSSR count). The van der Waals surface area contributed by atoms with Crippen molar-refractivity contribution < 1.29 is 14.3 Å². The van der Waals surface area contributed by atoms with Crippen molar-refractivity contribution in [1.29, 1.82) is 10.5 Å². The second kappa shape index (κ2) is 6.17. The summed E-state index contributed by atoms with van der Waals surface area (Å²) < 4.78 is 4.66. The summed E-state index contributed by atoms with van der Waals surface area (Å²) in [6.45, 7) is 1.83. The van der Waals surface area contributed by atoms with Crippen molar-refractivity contribution in [1.82, 2.24) is 0 Å². The predicted molar refractivity (Wildman–Crippen MR) is 61.5 cm³/mol. The molecule has 0 fully saturated rings. The van der Waals surface area contributed by atoms with Gasteiger partial charge in [0.05, 0.1) is 29.9 Å². The molecule has 0 amide bonds. The number of nitriles is 2. The number of hydrogen-bond donors (Lipinski definition) is 0. The lowest BCUT2D eigenvalue weighted by Crippen LogP contribution is -2.12. The molecule has 0 radical (unpaired) electrons. The molecule has 1 aromatic rings. The third-order valence-electron chi connectivity index (χ3n) is 2.18. The fraction of sp³-hybridized carbons (Fsp3) is 0.231. The molecule has 18 heavy (non-hydrogen) atoms. The van der Waals surface area contributed by atoms with E-state index in [9.17, 15) is 9.59 Å². The molecule has 0 saturated carbocycles.